The maximum atomic E-state index is 14.5. The smallest absolute Gasteiger partial charge is 0.255 e. The van der Waals surface area contributed by atoms with Gasteiger partial charge in [0.05, 0.1) is 34.4 Å². The van der Waals surface area contributed by atoms with Crippen LogP contribution in [0.5, 0.6) is 0 Å². The van der Waals surface area contributed by atoms with Crippen molar-refractivity contribution < 1.29 is 13.6 Å². The van der Waals surface area contributed by atoms with E-state index >= 15 is 0 Å². The van der Waals surface area contributed by atoms with Crippen LogP contribution in [0.15, 0.2) is 42.9 Å². The van der Waals surface area contributed by atoms with Crippen LogP contribution in [0.3, 0.4) is 0 Å². The number of amides is 1. The number of fused-ring (bicyclic) bond motifs is 6. The van der Waals surface area contributed by atoms with E-state index in [0.717, 1.165) is 24.1 Å². The number of aromatic nitrogens is 5. The Morgan fingerprint density at radius 2 is 1.94 bits per heavy atom. The van der Waals surface area contributed by atoms with Crippen molar-refractivity contribution in [2.75, 3.05) is 13.1 Å². The lowest BCUT2D eigenvalue weighted by molar-refractivity contribution is 0.0652. The SMILES string of the molecule is CCN(C[C@@]12CC[C@@H](c3cc(-c4c(F)cccc4F)nnc31)C2(C)C)C(=O)c1cnc2nc[nH]c2c1. The third-order valence-electron chi connectivity index (χ3n) is 8.49. The fourth-order valence-corrected chi connectivity index (χ4v) is 6.42. The molecule has 0 aliphatic heterocycles. The lowest BCUT2D eigenvalue weighted by Crippen LogP contribution is -2.48. The van der Waals surface area contributed by atoms with Crippen molar-refractivity contribution in [2.45, 2.75) is 44.9 Å². The molecule has 0 radical (unpaired) electrons. The number of hydrogen-bond donors (Lipinski definition) is 1. The van der Waals surface area contributed by atoms with Gasteiger partial charge in [-0.1, -0.05) is 19.9 Å². The number of imidazole rings is 1. The van der Waals surface area contributed by atoms with Crippen LogP contribution in [-0.2, 0) is 5.41 Å². The van der Waals surface area contributed by atoms with E-state index in [-0.39, 0.29) is 28.5 Å². The normalized spacial score (nSPS) is 21.6. The number of nitrogens with one attached hydrogen (secondary N) is 1. The number of likely N-dealkylation sites (N-methyl/N-ethyl adjacent to an activating group) is 1. The van der Waals surface area contributed by atoms with Gasteiger partial charge in [0.15, 0.2) is 5.65 Å². The summed E-state index contributed by atoms with van der Waals surface area (Å²) in [6, 6.07) is 7.37. The van der Waals surface area contributed by atoms with E-state index in [1.54, 1.807) is 24.7 Å². The second-order valence-corrected chi connectivity index (χ2v) is 10.3. The third kappa shape index (κ3) is 3.04. The number of halogens is 2. The molecule has 1 N–H and O–H groups in total. The molecule has 6 rings (SSSR count). The quantitative estimate of drug-likeness (QED) is 0.427. The van der Waals surface area contributed by atoms with Crippen molar-refractivity contribution >= 4 is 17.1 Å². The predicted octanol–water partition coefficient (Wildman–Crippen LogP) is 5.01. The summed E-state index contributed by atoms with van der Waals surface area (Å²) in [5, 5.41) is 8.86. The number of pyridine rings is 1. The van der Waals surface area contributed by atoms with E-state index in [4.69, 9.17) is 0 Å². The van der Waals surface area contributed by atoms with Crippen LogP contribution in [-0.4, -0.2) is 49.0 Å². The minimum atomic E-state index is -0.660. The first kappa shape index (κ1) is 22.7. The monoisotopic (exact) mass is 488 g/mol. The molecule has 4 aromatic rings. The molecular formula is C27H26F2N6O. The Labute approximate surface area is 207 Å². The lowest BCUT2D eigenvalue weighted by atomic mass is 9.68. The molecule has 1 saturated carbocycles. The molecule has 0 saturated heterocycles. The Hall–Kier alpha value is -3.75. The number of benzene rings is 1. The van der Waals surface area contributed by atoms with Crippen LogP contribution in [0, 0.1) is 17.0 Å². The number of aromatic amines is 1. The van der Waals surface area contributed by atoms with Crippen molar-refractivity contribution in [3.63, 3.8) is 0 Å². The van der Waals surface area contributed by atoms with E-state index in [0.29, 0.717) is 29.8 Å². The lowest BCUT2D eigenvalue weighted by Gasteiger charge is -2.41. The molecule has 1 amide bonds. The van der Waals surface area contributed by atoms with E-state index in [1.165, 1.54) is 18.2 Å². The van der Waals surface area contributed by atoms with Crippen LogP contribution in [0.25, 0.3) is 22.4 Å². The number of carbonyl (C=O) groups excluding carboxylic acids is 1. The summed E-state index contributed by atoms with van der Waals surface area (Å²) >= 11 is 0. The van der Waals surface area contributed by atoms with E-state index in [9.17, 15) is 13.6 Å². The molecule has 2 bridgehead atoms. The summed E-state index contributed by atoms with van der Waals surface area (Å²) in [4.78, 5) is 26.8. The molecule has 2 aliphatic carbocycles. The van der Waals surface area contributed by atoms with Gasteiger partial charge in [0, 0.05) is 24.7 Å². The fourth-order valence-electron chi connectivity index (χ4n) is 6.42. The Bertz CT molecular complexity index is 1500. The molecule has 7 nitrogen and oxygen atoms in total. The molecule has 3 aromatic heterocycles. The van der Waals surface area contributed by atoms with Crippen LogP contribution in [0.1, 0.15) is 61.1 Å². The maximum absolute atomic E-state index is 14.5. The van der Waals surface area contributed by atoms with Crippen molar-refractivity contribution in [3.05, 3.63) is 71.3 Å². The van der Waals surface area contributed by atoms with Gasteiger partial charge in [-0.2, -0.15) is 10.2 Å². The predicted molar refractivity (Wildman–Crippen MR) is 130 cm³/mol. The molecular weight excluding hydrogens is 462 g/mol. The van der Waals surface area contributed by atoms with E-state index in [1.807, 2.05) is 11.8 Å². The standard InChI is InChI=1S/C27H26F2N6O/c1-4-35(25(36)15-10-21-24(30-12-15)32-14-31-21)13-27-9-8-17(26(27,2)3)16-11-20(33-34-23(16)27)22-18(28)6-5-7-19(22)29/h5-7,10-12,14,17H,4,8-9,13H2,1-3H3,(H,30,31,32)/t17-,27-/m0/s1. The van der Waals surface area contributed by atoms with Gasteiger partial charge in [0.25, 0.3) is 5.91 Å². The molecule has 1 aromatic carbocycles. The first-order chi connectivity index (χ1) is 17.3. The zero-order valence-corrected chi connectivity index (χ0v) is 20.3. The minimum Gasteiger partial charge on any atom is -0.343 e. The largest absolute Gasteiger partial charge is 0.343 e. The van der Waals surface area contributed by atoms with Crippen molar-refractivity contribution in [1.82, 2.24) is 30.0 Å². The highest BCUT2D eigenvalue weighted by molar-refractivity contribution is 5.96. The summed E-state index contributed by atoms with van der Waals surface area (Å²) in [7, 11) is 0. The second-order valence-electron chi connectivity index (χ2n) is 10.3. The van der Waals surface area contributed by atoms with Gasteiger partial charge in [-0.3, -0.25) is 4.79 Å². The van der Waals surface area contributed by atoms with Crippen LogP contribution < -0.4 is 0 Å². The highest BCUT2D eigenvalue weighted by Crippen LogP contribution is 2.67. The summed E-state index contributed by atoms with van der Waals surface area (Å²) in [5.74, 6) is -1.27. The molecule has 2 atom stereocenters. The second kappa shape index (κ2) is 7.88. The molecule has 1 fully saturated rings. The van der Waals surface area contributed by atoms with Gasteiger partial charge in [-0.15, -0.1) is 0 Å². The number of carbonyl (C=O) groups is 1. The summed E-state index contributed by atoms with van der Waals surface area (Å²) in [6.07, 6.45) is 4.89. The minimum absolute atomic E-state index is 0.110. The fraction of sp³-hybridized carbons (Fsp3) is 0.370. The molecule has 184 valence electrons. The third-order valence-corrected chi connectivity index (χ3v) is 8.49. The van der Waals surface area contributed by atoms with E-state index in [2.05, 4.69) is 39.0 Å². The van der Waals surface area contributed by atoms with Crippen molar-refractivity contribution in [3.8, 4) is 11.3 Å². The van der Waals surface area contributed by atoms with Crippen molar-refractivity contribution in [1.29, 1.82) is 0 Å². The van der Waals surface area contributed by atoms with Gasteiger partial charge >= 0.3 is 0 Å². The average Bonchev–Trinajstić information content (AvgIpc) is 3.48. The number of nitrogens with zero attached hydrogens (tertiary/aromatic N) is 5. The zero-order chi connectivity index (χ0) is 25.2. The van der Waals surface area contributed by atoms with Gasteiger partial charge in [-0.25, -0.2) is 18.7 Å². The maximum Gasteiger partial charge on any atom is 0.255 e. The molecule has 0 unspecified atom stereocenters. The van der Waals surface area contributed by atoms with Gasteiger partial charge in [0.2, 0.25) is 0 Å². The van der Waals surface area contributed by atoms with E-state index < -0.39 is 17.0 Å². The highest BCUT2D eigenvalue weighted by atomic mass is 19.1. The number of hydrogen-bond acceptors (Lipinski definition) is 5. The van der Waals surface area contributed by atoms with Gasteiger partial charge < -0.3 is 9.88 Å². The van der Waals surface area contributed by atoms with Gasteiger partial charge in [-0.05, 0) is 60.9 Å². The Morgan fingerprint density at radius 1 is 1.17 bits per heavy atom. The molecule has 36 heavy (non-hydrogen) atoms. The Morgan fingerprint density at radius 3 is 2.69 bits per heavy atom. The van der Waals surface area contributed by atoms with Crippen molar-refractivity contribution in [2.24, 2.45) is 5.41 Å². The first-order valence-corrected chi connectivity index (χ1v) is 12.2. The molecule has 3 heterocycles. The van der Waals surface area contributed by atoms with Crippen LogP contribution in [0.2, 0.25) is 0 Å². The first-order valence-electron chi connectivity index (χ1n) is 12.2. The topological polar surface area (TPSA) is 87.7 Å². The van der Waals surface area contributed by atoms with Crippen LogP contribution in [0.4, 0.5) is 8.78 Å². The summed E-state index contributed by atoms with van der Waals surface area (Å²) in [6.45, 7) is 7.35. The molecule has 2 aliphatic rings. The Kier molecular flexibility index (Phi) is 4.97. The van der Waals surface area contributed by atoms with Gasteiger partial charge in [0.1, 0.15) is 11.6 Å². The Balaban J connectivity index is 1.39. The zero-order valence-electron chi connectivity index (χ0n) is 20.3. The molecule has 9 heteroatoms. The van der Waals surface area contributed by atoms with Crippen LogP contribution >= 0.6 is 0 Å². The highest BCUT2D eigenvalue weighted by Gasteiger charge is 2.64. The summed E-state index contributed by atoms with van der Waals surface area (Å²) < 4.78 is 29.0. The summed E-state index contributed by atoms with van der Waals surface area (Å²) in [5.41, 5.74) is 2.99. The number of H-pyrrole nitrogens is 1. The number of rotatable bonds is 5. The average molecular weight is 489 g/mol. The molecule has 0 spiro atoms.